The summed E-state index contributed by atoms with van der Waals surface area (Å²) < 4.78 is 10.8. The van der Waals surface area contributed by atoms with Crippen molar-refractivity contribution < 1.29 is 19.4 Å². The fraction of sp³-hybridized carbons (Fsp3) is 0.409. The summed E-state index contributed by atoms with van der Waals surface area (Å²) in [4.78, 5) is 15.7. The normalized spacial score (nSPS) is 18.1. The molecule has 0 aromatic heterocycles. The van der Waals surface area contributed by atoms with E-state index in [2.05, 4.69) is 34.1 Å². The zero-order chi connectivity index (χ0) is 19.9. The molecule has 6 heteroatoms. The van der Waals surface area contributed by atoms with E-state index in [-0.39, 0.29) is 12.1 Å². The largest absolute Gasteiger partial charge is 0.478 e. The van der Waals surface area contributed by atoms with Crippen LogP contribution in [0.25, 0.3) is 0 Å². The molecule has 1 saturated heterocycles. The van der Waals surface area contributed by atoms with Gasteiger partial charge in [-0.05, 0) is 36.2 Å². The third-order valence-corrected chi connectivity index (χ3v) is 5.22. The van der Waals surface area contributed by atoms with Gasteiger partial charge in [0.2, 0.25) is 0 Å². The quantitative estimate of drug-likeness (QED) is 0.670. The average molecular weight is 384 g/mol. The lowest BCUT2D eigenvalue weighted by atomic mass is 10.0. The highest BCUT2D eigenvalue weighted by Gasteiger charge is 2.30. The van der Waals surface area contributed by atoms with E-state index in [9.17, 15) is 4.79 Å². The number of methoxy groups -OCH3 is 1. The smallest absolute Gasteiger partial charge is 0.335 e. The van der Waals surface area contributed by atoms with E-state index in [0.717, 1.165) is 31.7 Å². The molecule has 0 amide bonds. The van der Waals surface area contributed by atoms with E-state index >= 15 is 0 Å². The van der Waals surface area contributed by atoms with Crippen LogP contribution in [0.15, 0.2) is 54.6 Å². The van der Waals surface area contributed by atoms with Crippen LogP contribution in [0.4, 0.5) is 5.69 Å². The average Bonchev–Trinajstić information content (AvgIpc) is 3.19. The number of hydrogen-bond donors (Lipinski definition) is 1. The topological polar surface area (TPSA) is 62.2 Å². The van der Waals surface area contributed by atoms with E-state index in [1.807, 2.05) is 25.2 Å². The molecular formula is C22H28N2O4. The van der Waals surface area contributed by atoms with Crippen molar-refractivity contribution in [1.29, 1.82) is 0 Å². The van der Waals surface area contributed by atoms with Crippen molar-refractivity contribution in [1.82, 2.24) is 4.90 Å². The standard InChI is InChI=1S/C22H28N2O4/c1-23(19-10-8-18(9-11-19)22(25)26)15-21(17-6-4-3-5-7-17)24-13-12-20(14-24)28-16-27-2/h3-11,20-21H,12-16H2,1-2H3,(H,25,26)/t20-,21-/m0/s1. The summed E-state index contributed by atoms with van der Waals surface area (Å²) in [7, 11) is 3.69. The summed E-state index contributed by atoms with van der Waals surface area (Å²) in [5.41, 5.74) is 2.57. The molecule has 1 aliphatic rings. The molecule has 2 aromatic carbocycles. The van der Waals surface area contributed by atoms with Gasteiger partial charge in [-0.1, -0.05) is 30.3 Å². The maximum Gasteiger partial charge on any atom is 0.335 e. The van der Waals surface area contributed by atoms with Gasteiger partial charge in [0.05, 0.1) is 17.7 Å². The zero-order valence-corrected chi connectivity index (χ0v) is 16.5. The first-order valence-corrected chi connectivity index (χ1v) is 9.52. The molecule has 28 heavy (non-hydrogen) atoms. The SMILES string of the molecule is COCO[C@H]1CCN([C@@H](CN(C)c2ccc(C(=O)O)cc2)c2ccccc2)C1. The number of carbonyl (C=O) groups is 1. The Labute approximate surface area is 166 Å². The number of carboxylic acids is 1. The Bertz CT molecular complexity index is 751. The number of anilines is 1. The van der Waals surface area contributed by atoms with Crippen LogP contribution in [0.2, 0.25) is 0 Å². The third-order valence-electron chi connectivity index (χ3n) is 5.22. The van der Waals surface area contributed by atoms with E-state index < -0.39 is 5.97 Å². The Hall–Kier alpha value is -2.41. The van der Waals surface area contributed by atoms with Crippen LogP contribution in [0, 0.1) is 0 Å². The number of hydrogen-bond acceptors (Lipinski definition) is 5. The molecule has 0 unspecified atom stereocenters. The molecule has 0 saturated carbocycles. The number of likely N-dealkylation sites (N-methyl/N-ethyl adjacent to an activating group) is 1. The number of likely N-dealkylation sites (tertiary alicyclic amines) is 1. The lowest BCUT2D eigenvalue weighted by Gasteiger charge is -2.33. The number of carboxylic acid groups (broad SMARTS) is 1. The first-order valence-electron chi connectivity index (χ1n) is 9.52. The molecule has 0 spiro atoms. The van der Waals surface area contributed by atoms with E-state index in [1.165, 1.54) is 5.56 Å². The molecule has 1 aliphatic heterocycles. The fourth-order valence-corrected chi connectivity index (χ4v) is 3.67. The van der Waals surface area contributed by atoms with Crippen LogP contribution < -0.4 is 4.90 Å². The molecule has 6 nitrogen and oxygen atoms in total. The van der Waals surface area contributed by atoms with E-state index in [0.29, 0.717) is 12.4 Å². The Morgan fingerprint density at radius 1 is 1.21 bits per heavy atom. The fourth-order valence-electron chi connectivity index (χ4n) is 3.67. The number of aromatic carboxylic acids is 1. The molecule has 0 bridgehead atoms. The highest BCUT2D eigenvalue weighted by Crippen LogP contribution is 2.28. The van der Waals surface area contributed by atoms with Gasteiger partial charge in [0, 0.05) is 39.5 Å². The van der Waals surface area contributed by atoms with Gasteiger partial charge >= 0.3 is 5.97 Å². The maximum atomic E-state index is 11.1. The van der Waals surface area contributed by atoms with Crippen molar-refractivity contribution in [2.24, 2.45) is 0 Å². The van der Waals surface area contributed by atoms with Crippen LogP contribution in [-0.2, 0) is 9.47 Å². The number of rotatable bonds is 9. The van der Waals surface area contributed by atoms with Gasteiger partial charge in [0.25, 0.3) is 0 Å². The lowest BCUT2D eigenvalue weighted by molar-refractivity contribution is -0.0679. The summed E-state index contributed by atoms with van der Waals surface area (Å²) in [6, 6.07) is 17.7. The first kappa shape index (κ1) is 20.3. The Morgan fingerprint density at radius 2 is 1.93 bits per heavy atom. The van der Waals surface area contributed by atoms with Crippen molar-refractivity contribution in [3.8, 4) is 0 Å². The van der Waals surface area contributed by atoms with Crippen molar-refractivity contribution in [2.75, 3.05) is 45.5 Å². The van der Waals surface area contributed by atoms with Crippen molar-refractivity contribution in [3.63, 3.8) is 0 Å². The van der Waals surface area contributed by atoms with Gasteiger partial charge < -0.3 is 19.5 Å². The van der Waals surface area contributed by atoms with Gasteiger partial charge in [-0.2, -0.15) is 0 Å². The summed E-state index contributed by atoms with van der Waals surface area (Å²) in [5.74, 6) is -0.907. The number of benzene rings is 2. The third kappa shape index (κ3) is 5.10. The second-order valence-corrected chi connectivity index (χ2v) is 7.14. The summed E-state index contributed by atoms with van der Waals surface area (Å²) in [6.07, 6.45) is 1.18. The molecule has 150 valence electrons. The maximum absolute atomic E-state index is 11.1. The minimum Gasteiger partial charge on any atom is -0.478 e. The van der Waals surface area contributed by atoms with E-state index in [4.69, 9.17) is 14.6 Å². The van der Waals surface area contributed by atoms with E-state index in [1.54, 1.807) is 19.2 Å². The molecule has 3 rings (SSSR count). The minimum absolute atomic E-state index is 0.186. The highest BCUT2D eigenvalue weighted by atomic mass is 16.7. The zero-order valence-electron chi connectivity index (χ0n) is 16.5. The van der Waals surface area contributed by atoms with Gasteiger partial charge in [0.1, 0.15) is 6.79 Å². The predicted molar refractivity (Wildman–Crippen MR) is 109 cm³/mol. The molecule has 0 radical (unpaired) electrons. The summed E-state index contributed by atoms with van der Waals surface area (Å²) in [6.45, 7) is 2.96. The van der Waals surface area contributed by atoms with Crippen LogP contribution >= 0.6 is 0 Å². The Kier molecular flexibility index (Phi) is 7.03. The van der Waals surface area contributed by atoms with Crippen molar-refractivity contribution >= 4 is 11.7 Å². The van der Waals surface area contributed by atoms with Crippen LogP contribution in [-0.4, -0.2) is 62.7 Å². The van der Waals surface area contributed by atoms with Crippen LogP contribution in [0.3, 0.4) is 0 Å². The Balaban J connectivity index is 1.73. The van der Waals surface area contributed by atoms with Crippen LogP contribution in [0.1, 0.15) is 28.4 Å². The Morgan fingerprint density at radius 3 is 2.57 bits per heavy atom. The molecule has 1 N–H and O–H groups in total. The second kappa shape index (κ2) is 9.68. The van der Waals surface area contributed by atoms with Crippen LogP contribution in [0.5, 0.6) is 0 Å². The molecule has 1 heterocycles. The first-order chi connectivity index (χ1) is 13.6. The van der Waals surface area contributed by atoms with Gasteiger partial charge in [0.15, 0.2) is 0 Å². The summed E-state index contributed by atoms with van der Waals surface area (Å²) >= 11 is 0. The van der Waals surface area contributed by atoms with Gasteiger partial charge in [-0.3, -0.25) is 4.90 Å². The second-order valence-electron chi connectivity index (χ2n) is 7.14. The predicted octanol–water partition coefficient (Wildman–Crippen LogP) is 3.26. The molecular weight excluding hydrogens is 356 g/mol. The molecule has 1 fully saturated rings. The minimum atomic E-state index is -0.907. The molecule has 0 aliphatic carbocycles. The number of ether oxygens (including phenoxy) is 2. The number of nitrogens with zero attached hydrogens (tertiary/aromatic N) is 2. The van der Waals surface area contributed by atoms with Gasteiger partial charge in [-0.15, -0.1) is 0 Å². The highest BCUT2D eigenvalue weighted by molar-refractivity contribution is 5.88. The monoisotopic (exact) mass is 384 g/mol. The van der Waals surface area contributed by atoms with Gasteiger partial charge in [-0.25, -0.2) is 4.79 Å². The molecule has 2 aromatic rings. The summed E-state index contributed by atoms with van der Waals surface area (Å²) in [5, 5.41) is 9.10. The lowest BCUT2D eigenvalue weighted by Crippen LogP contribution is -2.36. The molecule has 2 atom stereocenters. The van der Waals surface area contributed by atoms with Crippen molar-refractivity contribution in [3.05, 3.63) is 65.7 Å². The van der Waals surface area contributed by atoms with Crippen molar-refractivity contribution in [2.45, 2.75) is 18.6 Å².